The van der Waals surface area contributed by atoms with Crippen LogP contribution >= 0.6 is 47.3 Å². The Bertz CT molecular complexity index is 802. The van der Waals surface area contributed by atoms with Crippen molar-refractivity contribution in [3.05, 3.63) is 66.2 Å². The minimum absolute atomic E-state index is 0.170. The van der Waals surface area contributed by atoms with Crippen LogP contribution in [0.2, 0.25) is 10.0 Å². The number of nitro groups is 2. The number of nitrogens with zero attached hydrogens (tertiary/aromatic N) is 2. The van der Waals surface area contributed by atoms with Crippen LogP contribution in [0.1, 0.15) is 0 Å². The lowest BCUT2D eigenvalue weighted by molar-refractivity contribution is -0.385. The predicted molar refractivity (Wildman–Crippen MR) is 88.9 cm³/mol. The fraction of sp³-hybridized carbons (Fsp3) is 0. The van der Waals surface area contributed by atoms with Gasteiger partial charge in [-0.3, -0.25) is 20.2 Å². The van der Waals surface area contributed by atoms with E-state index in [1.165, 1.54) is 0 Å². The van der Waals surface area contributed by atoms with Crippen LogP contribution in [0.3, 0.4) is 0 Å². The third-order valence-corrected chi connectivity index (χ3v) is 4.78. The normalized spacial score (nSPS) is 10.7. The molecule has 25 heavy (non-hydrogen) atoms. The summed E-state index contributed by atoms with van der Waals surface area (Å²) in [5.74, 6) is -1.91. The molecule has 2 rings (SSSR count). The second-order valence-electron chi connectivity index (χ2n) is 4.22. The number of rotatable bonds is 6. The summed E-state index contributed by atoms with van der Waals surface area (Å²) in [5, 5.41) is 20.7. The van der Waals surface area contributed by atoms with Crippen LogP contribution in [-0.2, 0) is 3.63 Å². The summed E-state index contributed by atoms with van der Waals surface area (Å²) in [6.07, 6.45) is 0. The third kappa shape index (κ3) is 4.70. The summed E-state index contributed by atoms with van der Waals surface area (Å²) < 4.78 is 32.5. The molecule has 0 N–H and O–H groups in total. The van der Waals surface area contributed by atoms with Crippen molar-refractivity contribution in [2.24, 2.45) is 0 Å². The molecule has 0 atom stereocenters. The van der Waals surface area contributed by atoms with Gasteiger partial charge in [-0.15, -0.1) is 0 Å². The standard InChI is InChI=1S/C12H4Cl2F2N2O5S2/c13-5-1-11(7(15)3-9(5)17(19)20)24-23-25-12-2-6(14)10(18(21)22)4-8(12)16/h1-4H. The summed E-state index contributed by atoms with van der Waals surface area (Å²) in [5.41, 5.74) is -1.21. The maximum atomic E-state index is 13.8. The van der Waals surface area contributed by atoms with Crippen molar-refractivity contribution < 1.29 is 22.3 Å². The van der Waals surface area contributed by atoms with Crippen molar-refractivity contribution in [3.63, 3.8) is 0 Å². The summed E-state index contributed by atoms with van der Waals surface area (Å²) in [4.78, 5) is 19.3. The van der Waals surface area contributed by atoms with E-state index in [2.05, 4.69) is 0 Å². The number of hydrogen-bond donors (Lipinski definition) is 0. The SMILES string of the molecule is O=[N+]([O-])c1cc(F)c(SOSc2cc(Cl)c([N+](=O)[O-])cc2F)cc1Cl. The van der Waals surface area contributed by atoms with Crippen molar-refractivity contribution in [2.75, 3.05) is 0 Å². The lowest BCUT2D eigenvalue weighted by Gasteiger charge is -2.05. The predicted octanol–water partition coefficient (Wildman–Crippen LogP) is 5.82. The van der Waals surface area contributed by atoms with Crippen LogP contribution in [0.25, 0.3) is 0 Å². The second-order valence-corrected chi connectivity index (χ2v) is 6.79. The fourth-order valence-corrected chi connectivity index (χ4v) is 3.46. The molecule has 0 unspecified atom stereocenters. The highest BCUT2D eigenvalue weighted by atomic mass is 35.5. The first-order valence-electron chi connectivity index (χ1n) is 5.98. The molecule has 2 aromatic carbocycles. The van der Waals surface area contributed by atoms with Gasteiger partial charge in [0.25, 0.3) is 11.4 Å². The quantitative estimate of drug-likeness (QED) is 0.324. The van der Waals surface area contributed by atoms with E-state index in [0.717, 1.165) is 12.1 Å². The van der Waals surface area contributed by atoms with Gasteiger partial charge in [-0.25, -0.2) is 12.4 Å². The van der Waals surface area contributed by atoms with Crippen molar-refractivity contribution in [2.45, 2.75) is 9.79 Å². The van der Waals surface area contributed by atoms with Gasteiger partial charge in [0.05, 0.1) is 31.8 Å². The molecule has 0 heterocycles. The summed E-state index contributed by atoms with van der Waals surface area (Å²) >= 11 is 12.2. The highest BCUT2D eigenvalue weighted by Gasteiger charge is 2.20. The van der Waals surface area contributed by atoms with Crippen molar-refractivity contribution in [1.82, 2.24) is 0 Å². The maximum Gasteiger partial charge on any atom is 0.290 e. The molecule has 0 aliphatic rings. The van der Waals surface area contributed by atoms with Crippen LogP contribution in [0.5, 0.6) is 0 Å². The molecule has 2 aromatic rings. The van der Waals surface area contributed by atoms with Crippen molar-refractivity contribution in [3.8, 4) is 0 Å². The van der Waals surface area contributed by atoms with Crippen LogP contribution in [0.4, 0.5) is 20.2 Å². The second kappa shape index (κ2) is 8.15. The average Bonchev–Trinajstić information content (AvgIpc) is 2.52. The zero-order valence-corrected chi connectivity index (χ0v) is 14.7. The third-order valence-electron chi connectivity index (χ3n) is 2.64. The lowest BCUT2D eigenvalue weighted by Crippen LogP contribution is -1.93. The molecule has 0 aromatic heterocycles. The largest absolute Gasteiger partial charge is 0.290 e. The molecule has 0 aliphatic heterocycles. The minimum atomic E-state index is -0.955. The Labute approximate surface area is 157 Å². The number of hydrogen-bond acceptors (Lipinski definition) is 7. The van der Waals surface area contributed by atoms with E-state index in [4.69, 9.17) is 26.8 Å². The van der Waals surface area contributed by atoms with Gasteiger partial charge in [-0.2, -0.15) is 0 Å². The zero-order valence-electron chi connectivity index (χ0n) is 11.6. The molecule has 13 heteroatoms. The summed E-state index contributed by atoms with van der Waals surface area (Å²) in [6.45, 7) is 0. The Kier molecular flexibility index (Phi) is 6.41. The molecule has 0 radical (unpaired) electrons. The maximum absolute atomic E-state index is 13.8. The van der Waals surface area contributed by atoms with E-state index in [-0.39, 0.29) is 19.8 Å². The molecule has 0 bridgehead atoms. The van der Waals surface area contributed by atoms with Gasteiger partial charge in [0.2, 0.25) is 0 Å². The molecule has 0 saturated heterocycles. The number of halogens is 4. The van der Waals surface area contributed by atoms with Gasteiger partial charge in [-0.1, -0.05) is 23.2 Å². The molecule has 0 saturated carbocycles. The highest BCUT2D eigenvalue weighted by Crippen LogP contribution is 2.38. The molecule has 7 nitrogen and oxygen atoms in total. The minimum Gasteiger partial charge on any atom is -0.258 e. The zero-order chi connectivity index (χ0) is 18.7. The molecular formula is C12H4Cl2F2N2O5S2. The Morgan fingerprint density at radius 1 is 0.840 bits per heavy atom. The van der Waals surface area contributed by atoms with Gasteiger partial charge in [0, 0.05) is 24.1 Å². The first-order valence-corrected chi connectivity index (χ1v) is 8.22. The van der Waals surface area contributed by atoms with Gasteiger partial charge >= 0.3 is 0 Å². The number of nitro benzene ring substituents is 2. The van der Waals surface area contributed by atoms with Gasteiger partial charge in [-0.05, 0) is 12.1 Å². The Hall–Kier alpha value is -1.66. The Balaban J connectivity index is 2.11. The topological polar surface area (TPSA) is 95.5 Å². The number of benzene rings is 2. The first kappa shape index (κ1) is 19.7. The van der Waals surface area contributed by atoms with Gasteiger partial charge in [0.1, 0.15) is 21.7 Å². The Morgan fingerprint density at radius 3 is 1.52 bits per heavy atom. The molecule has 132 valence electrons. The van der Waals surface area contributed by atoms with Gasteiger partial charge < -0.3 is 0 Å². The first-order chi connectivity index (χ1) is 11.7. The summed E-state index contributed by atoms with van der Waals surface area (Å²) in [6, 6.07) is 3.23. The monoisotopic (exact) mass is 428 g/mol. The average molecular weight is 429 g/mol. The van der Waals surface area contributed by atoms with E-state index < -0.39 is 32.9 Å². The van der Waals surface area contributed by atoms with E-state index >= 15 is 0 Å². The van der Waals surface area contributed by atoms with Crippen LogP contribution in [-0.4, -0.2) is 9.85 Å². The molecular weight excluding hydrogens is 425 g/mol. The summed E-state index contributed by atoms with van der Waals surface area (Å²) in [7, 11) is 0. The van der Waals surface area contributed by atoms with Crippen molar-refractivity contribution in [1.29, 1.82) is 0 Å². The van der Waals surface area contributed by atoms with Crippen LogP contribution < -0.4 is 0 Å². The van der Waals surface area contributed by atoms with E-state index in [1.807, 2.05) is 0 Å². The highest BCUT2D eigenvalue weighted by molar-refractivity contribution is 8.07. The van der Waals surface area contributed by atoms with E-state index in [1.54, 1.807) is 0 Å². The van der Waals surface area contributed by atoms with Crippen LogP contribution in [0, 0.1) is 31.9 Å². The van der Waals surface area contributed by atoms with E-state index in [9.17, 15) is 29.0 Å². The van der Waals surface area contributed by atoms with Crippen LogP contribution in [0.15, 0.2) is 34.1 Å². The molecule has 0 fully saturated rings. The molecule has 0 amide bonds. The Morgan fingerprint density at radius 2 is 1.20 bits per heavy atom. The fourth-order valence-electron chi connectivity index (χ4n) is 1.53. The molecule has 0 aliphatic carbocycles. The smallest absolute Gasteiger partial charge is 0.258 e. The van der Waals surface area contributed by atoms with Gasteiger partial charge in [0.15, 0.2) is 0 Å². The van der Waals surface area contributed by atoms with Crippen molar-refractivity contribution >= 4 is 58.7 Å². The molecule has 0 spiro atoms. The van der Waals surface area contributed by atoms with E-state index in [0.29, 0.717) is 36.2 Å². The lowest BCUT2D eigenvalue weighted by atomic mass is 10.3.